The quantitative estimate of drug-likeness (QED) is 0.553. The Balaban J connectivity index is 1.57. The topological polar surface area (TPSA) is 73.2 Å². The first-order chi connectivity index (χ1) is 13.4. The fourth-order valence-electron chi connectivity index (χ4n) is 3.61. The van der Waals surface area contributed by atoms with E-state index in [-0.39, 0.29) is 11.5 Å². The number of aromatic amines is 1. The zero-order valence-corrected chi connectivity index (χ0v) is 15.0. The number of benzene rings is 1. The van der Waals surface area contributed by atoms with Crippen LogP contribution in [0.4, 0.5) is 8.78 Å². The van der Waals surface area contributed by atoms with Crippen LogP contribution in [-0.2, 0) is 6.42 Å². The molecule has 0 aliphatic carbocycles. The molecule has 5 rings (SSSR count). The number of para-hydroxylation sites is 1. The van der Waals surface area contributed by atoms with E-state index in [1.165, 1.54) is 6.07 Å². The number of aryl methyl sites for hydroxylation is 2. The van der Waals surface area contributed by atoms with Crippen molar-refractivity contribution >= 4 is 11.0 Å². The van der Waals surface area contributed by atoms with Gasteiger partial charge in [-0.05, 0) is 31.5 Å². The van der Waals surface area contributed by atoms with E-state index >= 15 is 0 Å². The highest BCUT2D eigenvalue weighted by molar-refractivity contribution is 5.85. The molecule has 1 N–H and O–H groups in total. The second-order valence-corrected chi connectivity index (χ2v) is 6.72. The lowest BCUT2D eigenvalue weighted by molar-refractivity contribution is -0.286. The molecule has 0 bridgehead atoms. The van der Waals surface area contributed by atoms with Crippen LogP contribution in [0.2, 0.25) is 0 Å². The largest absolute Gasteiger partial charge is 0.586 e. The second kappa shape index (κ2) is 5.79. The van der Waals surface area contributed by atoms with Crippen molar-refractivity contribution in [2.75, 3.05) is 0 Å². The number of alkyl halides is 2. The van der Waals surface area contributed by atoms with E-state index in [4.69, 9.17) is 9.26 Å². The molecule has 28 heavy (non-hydrogen) atoms. The highest BCUT2D eigenvalue weighted by Crippen LogP contribution is 2.44. The number of pyridine rings is 1. The average molecular weight is 383 g/mol. The highest BCUT2D eigenvalue weighted by atomic mass is 19.3. The molecule has 0 unspecified atom stereocenters. The molecule has 4 aromatic rings. The van der Waals surface area contributed by atoms with Crippen LogP contribution < -0.4 is 9.47 Å². The zero-order chi connectivity index (χ0) is 19.5. The fraction of sp³-hybridized carbons (Fsp3) is 0.200. The summed E-state index contributed by atoms with van der Waals surface area (Å²) in [6, 6.07) is 6.87. The van der Waals surface area contributed by atoms with Crippen LogP contribution in [-0.4, -0.2) is 21.4 Å². The monoisotopic (exact) mass is 383 g/mol. The standard InChI is InChI=1S/C20H15F2N3O3/c1-10-17(11(2)28-25-10)14-7-15-13(8-23-19(15)24-9-14)6-12-4-3-5-16-18(12)27-20(21,22)26-16/h3-5,7-9H,6H2,1-2H3,(H,23,24). The number of rotatable bonds is 3. The van der Waals surface area contributed by atoms with Crippen molar-refractivity contribution in [1.82, 2.24) is 15.1 Å². The van der Waals surface area contributed by atoms with Crippen LogP contribution in [0.1, 0.15) is 22.6 Å². The van der Waals surface area contributed by atoms with Crippen LogP contribution in [0.25, 0.3) is 22.2 Å². The molecule has 0 fully saturated rings. The zero-order valence-electron chi connectivity index (χ0n) is 15.0. The van der Waals surface area contributed by atoms with Gasteiger partial charge in [0.25, 0.3) is 0 Å². The Hall–Kier alpha value is -3.42. The predicted octanol–water partition coefficient (Wildman–Crippen LogP) is 4.75. The average Bonchev–Trinajstić information content (AvgIpc) is 3.30. The van der Waals surface area contributed by atoms with Gasteiger partial charge in [0.15, 0.2) is 11.5 Å². The van der Waals surface area contributed by atoms with Gasteiger partial charge in [0.05, 0.1) is 5.69 Å². The lowest BCUT2D eigenvalue weighted by atomic mass is 10.0. The number of nitrogens with zero attached hydrogens (tertiary/aromatic N) is 2. The lowest BCUT2D eigenvalue weighted by Gasteiger charge is -2.07. The number of fused-ring (bicyclic) bond motifs is 2. The molecule has 142 valence electrons. The number of nitrogens with one attached hydrogen (secondary N) is 1. The molecule has 4 heterocycles. The van der Waals surface area contributed by atoms with Gasteiger partial charge in [-0.15, -0.1) is 8.78 Å². The van der Waals surface area contributed by atoms with Crippen molar-refractivity contribution in [1.29, 1.82) is 0 Å². The molecule has 0 spiro atoms. The van der Waals surface area contributed by atoms with Crippen molar-refractivity contribution in [3.8, 4) is 22.6 Å². The number of hydrogen-bond acceptors (Lipinski definition) is 5. The number of aromatic nitrogens is 3. The maximum absolute atomic E-state index is 13.5. The Morgan fingerprint density at radius 2 is 2.00 bits per heavy atom. The molecule has 3 aromatic heterocycles. The molecule has 0 saturated carbocycles. The van der Waals surface area contributed by atoms with Crippen LogP contribution in [0.5, 0.6) is 11.5 Å². The van der Waals surface area contributed by atoms with Gasteiger partial charge in [-0.3, -0.25) is 0 Å². The van der Waals surface area contributed by atoms with Crippen LogP contribution in [0, 0.1) is 13.8 Å². The van der Waals surface area contributed by atoms with E-state index in [0.29, 0.717) is 23.4 Å². The van der Waals surface area contributed by atoms with Crippen LogP contribution in [0.15, 0.2) is 41.2 Å². The first kappa shape index (κ1) is 16.7. The molecule has 1 aromatic carbocycles. The number of ether oxygens (including phenoxy) is 2. The van der Waals surface area contributed by atoms with E-state index in [0.717, 1.165) is 27.8 Å². The molecule has 0 atom stereocenters. The highest BCUT2D eigenvalue weighted by Gasteiger charge is 2.44. The summed E-state index contributed by atoms with van der Waals surface area (Å²) in [7, 11) is 0. The normalized spacial score (nSPS) is 14.7. The molecular formula is C20H15F2N3O3. The minimum atomic E-state index is -3.64. The van der Waals surface area contributed by atoms with Gasteiger partial charge in [-0.25, -0.2) is 4.98 Å². The Labute approximate surface area is 158 Å². The van der Waals surface area contributed by atoms with E-state index in [9.17, 15) is 8.78 Å². The number of H-pyrrole nitrogens is 1. The summed E-state index contributed by atoms with van der Waals surface area (Å²) in [5.41, 5.74) is 4.79. The van der Waals surface area contributed by atoms with Crippen LogP contribution in [0.3, 0.4) is 0 Å². The third-order valence-electron chi connectivity index (χ3n) is 4.83. The SMILES string of the molecule is Cc1noc(C)c1-c1cnc2[nH]cc(Cc3cccc4c3OC(F)(F)O4)c2c1. The van der Waals surface area contributed by atoms with E-state index in [2.05, 4.69) is 19.9 Å². The lowest BCUT2D eigenvalue weighted by Crippen LogP contribution is -2.26. The molecule has 0 saturated heterocycles. The molecule has 8 heteroatoms. The van der Waals surface area contributed by atoms with E-state index < -0.39 is 6.29 Å². The summed E-state index contributed by atoms with van der Waals surface area (Å²) in [6.45, 7) is 3.72. The summed E-state index contributed by atoms with van der Waals surface area (Å²) in [6.07, 6.45) is 0.320. The second-order valence-electron chi connectivity index (χ2n) is 6.72. The van der Waals surface area contributed by atoms with Gasteiger partial charge < -0.3 is 19.0 Å². The van der Waals surface area contributed by atoms with E-state index in [1.807, 2.05) is 26.1 Å². The minimum absolute atomic E-state index is 0.0388. The first-order valence-corrected chi connectivity index (χ1v) is 8.68. The fourth-order valence-corrected chi connectivity index (χ4v) is 3.61. The third kappa shape index (κ3) is 2.60. The molecule has 1 aliphatic heterocycles. The maximum atomic E-state index is 13.5. The predicted molar refractivity (Wildman–Crippen MR) is 96.5 cm³/mol. The van der Waals surface area contributed by atoms with Crippen molar-refractivity contribution in [2.24, 2.45) is 0 Å². The molecule has 0 amide bonds. The summed E-state index contributed by atoms with van der Waals surface area (Å²) < 4.78 is 41.4. The summed E-state index contributed by atoms with van der Waals surface area (Å²) in [5.74, 6) is 0.818. The summed E-state index contributed by atoms with van der Waals surface area (Å²) in [5, 5.41) is 4.88. The van der Waals surface area contributed by atoms with Gasteiger partial charge >= 0.3 is 6.29 Å². The summed E-state index contributed by atoms with van der Waals surface area (Å²) >= 11 is 0. The number of halogens is 2. The first-order valence-electron chi connectivity index (χ1n) is 8.68. The number of hydrogen-bond donors (Lipinski definition) is 1. The Morgan fingerprint density at radius 1 is 1.14 bits per heavy atom. The van der Waals surface area contributed by atoms with Crippen molar-refractivity contribution in [2.45, 2.75) is 26.6 Å². The summed E-state index contributed by atoms with van der Waals surface area (Å²) in [4.78, 5) is 7.60. The minimum Gasteiger partial charge on any atom is -0.395 e. The smallest absolute Gasteiger partial charge is 0.395 e. The van der Waals surface area contributed by atoms with Crippen LogP contribution >= 0.6 is 0 Å². The maximum Gasteiger partial charge on any atom is 0.586 e. The van der Waals surface area contributed by atoms with Gasteiger partial charge in [0.2, 0.25) is 0 Å². The molecule has 6 nitrogen and oxygen atoms in total. The Kier molecular flexibility index (Phi) is 3.46. The van der Waals surface area contributed by atoms with Gasteiger partial charge in [0, 0.05) is 40.9 Å². The van der Waals surface area contributed by atoms with Gasteiger partial charge in [-0.1, -0.05) is 17.3 Å². The van der Waals surface area contributed by atoms with E-state index in [1.54, 1.807) is 18.3 Å². The van der Waals surface area contributed by atoms with Gasteiger partial charge in [0.1, 0.15) is 11.4 Å². The molecule has 0 radical (unpaired) electrons. The van der Waals surface area contributed by atoms with Crippen molar-refractivity contribution < 1.29 is 22.8 Å². The van der Waals surface area contributed by atoms with Crippen molar-refractivity contribution in [3.63, 3.8) is 0 Å². The third-order valence-corrected chi connectivity index (χ3v) is 4.83. The molecular weight excluding hydrogens is 368 g/mol. The van der Waals surface area contributed by atoms with Crippen molar-refractivity contribution in [3.05, 3.63) is 59.2 Å². The Morgan fingerprint density at radius 3 is 2.79 bits per heavy atom. The van der Waals surface area contributed by atoms with Gasteiger partial charge in [-0.2, -0.15) is 0 Å². The molecule has 1 aliphatic rings. The Bertz CT molecular complexity index is 1190.